The van der Waals surface area contributed by atoms with E-state index in [0.29, 0.717) is 0 Å². The van der Waals surface area contributed by atoms with E-state index in [-0.39, 0.29) is 11.1 Å². The maximum Gasteiger partial charge on any atom is 0.254 e. The Balaban J connectivity index is 2.14. The molecule has 1 heterocycles. The zero-order valence-corrected chi connectivity index (χ0v) is 10.3. The third kappa shape index (κ3) is 2.66. The molecule has 3 nitrogen and oxygen atoms in total. The van der Waals surface area contributed by atoms with Crippen molar-refractivity contribution in [2.45, 2.75) is 44.6 Å². The van der Waals surface area contributed by atoms with Crippen LogP contribution in [-0.4, -0.2) is 16.4 Å². The summed E-state index contributed by atoms with van der Waals surface area (Å²) in [7, 11) is 0. The van der Waals surface area contributed by atoms with Crippen LogP contribution in [0.1, 0.15) is 49.4 Å². The molecule has 5 heteroatoms. The van der Waals surface area contributed by atoms with Crippen molar-refractivity contribution < 1.29 is 13.6 Å². The smallest absolute Gasteiger partial charge is 0.254 e. The van der Waals surface area contributed by atoms with E-state index in [9.17, 15) is 13.6 Å². The quantitative estimate of drug-likeness (QED) is 0.824. The average molecular weight is 254 g/mol. The normalized spacial score (nSPS) is 18.4. The summed E-state index contributed by atoms with van der Waals surface area (Å²) in [6, 6.07) is 1.19. The molecule has 0 radical (unpaired) electrons. The largest absolute Gasteiger partial charge is 0.347 e. The molecular weight excluding hydrogens is 238 g/mol. The monoisotopic (exact) mass is 254 g/mol. The molecule has 0 aliphatic heterocycles. The van der Waals surface area contributed by atoms with Gasteiger partial charge in [-0.25, -0.2) is 9.37 Å². The first kappa shape index (κ1) is 12.9. The highest BCUT2D eigenvalue weighted by molar-refractivity contribution is 5.94. The minimum absolute atomic E-state index is 0.283. The van der Waals surface area contributed by atoms with Gasteiger partial charge in [-0.1, -0.05) is 19.3 Å². The maximum atomic E-state index is 13.4. The van der Waals surface area contributed by atoms with Gasteiger partial charge in [-0.2, -0.15) is 4.39 Å². The lowest BCUT2D eigenvalue weighted by atomic mass is 9.83. The SMILES string of the molecule is CC1(NC(=O)c2ccnc(F)c2F)CCCCC1. The summed E-state index contributed by atoms with van der Waals surface area (Å²) in [5, 5.41) is 2.81. The number of carbonyl (C=O) groups is 1. The van der Waals surface area contributed by atoms with Gasteiger partial charge in [-0.3, -0.25) is 4.79 Å². The molecule has 0 saturated heterocycles. The van der Waals surface area contributed by atoms with Crippen LogP contribution in [0.2, 0.25) is 0 Å². The van der Waals surface area contributed by atoms with E-state index in [1.807, 2.05) is 6.92 Å². The lowest BCUT2D eigenvalue weighted by Gasteiger charge is -2.34. The Morgan fingerprint density at radius 1 is 1.33 bits per heavy atom. The van der Waals surface area contributed by atoms with Crippen molar-refractivity contribution in [1.82, 2.24) is 10.3 Å². The maximum absolute atomic E-state index is 13.4. The summed E-state index contributed by atoms with van der Waals surface area (Å²) in [6.07, 6.45) is 6.08. The minimum atomic E-state index is -1.24. The Kier molecular flexibility index (Phi) is 3.59. The Morgan fingerprint density at radius 3 is 2.67 bits per heavy atom. The molecule has 1 aromatic rings. The molecule has 1 saturated carbocycles. The molecule has 0 atom stereocenters. The molecule has 0 unspecified atom stereocenters. The highest BCUT2D eigenvalue weighted by Gasteiger charge is 2.29. The van der Waals surface area contributed by atoms with Gasteiger partial charge in [0.2, 0.25) is 5.95 Å². The predicted molar refractivity (Wildman–Crippen MR) is 63.1 cm³/mol. The van der Waals surface area contributed by atoms with Crippen molar-refractivity contribution in [2.75, 3.05) is 0 Å². The number of carbonyl (C=O) groups excluding carboxylic acids is 1. The number of nitrogens with zero attached hydrogens (tertiary/aromatic N) is 1. The van der Waals surface area contributed by atoms with Crippen LogP contribution in [0.15, 0.2) is 12.3 Å². The number of nitrogens with one attached hydrogen (secondary N) is 1. The van der Waals surface area contributed by atoms with Gasteiger partial charge in [-0.05, 0) is 25.8 Å². The first-order valence-corrected chi connectivity index (χ1v) is 6.14. The molecule has 0 spiro atoms. The van der Waals surface area contributed by atoms with E-state index in [2.05, 4.69) is 10.3 Å². The van der Waals surface area contributed by atoms with Gasteiger partial charge in [0.1, 0.15) is 0 Å². The van der Waals surface area contributed by atoms with Crippen LogP contribution in [0, 0.1) is 11.8 Å². The fraction of sp³-hybridized carbons (Fsp3) is 0.538. The number of hydrogen-bond donors (Lipinski definition) is 1. The second-order valence-electron chi connectivity index (χ2n) is 5.04. The molecule has 1 fully saturated rings. The number of aromatic nitrogens is 1. The van der Waals surface area contributed by atoms with Gasteiger partial charge in [0.05, 0.1) is 5.56 Å². The fourth-order valence-corrected chi connectivity index (χ4v) is 2.39. The van der Waals surface area contributed by atoms with E-state index in [1.54, 1.807) is 0 Å². The second-order valence-corrected chi connectivity index (χ2v) is 5.04. The van der Waals surface area contributed by atoms with Crippen molar-refractivity contribution in [3.8, 4) is 0 Å². The zero-order chi connectivity index (χ0) is 13.2. The van der Waals surface area contributed by atoms with E-state index < -0.39 is 17.7 Å². The Labute approximate surface area is 105 Å². The van der Waals surface area contributed by atoms with Gasteiger partial charge in [0.15, 0.2) is 5.82 Å². The van der Waals surface area contributed by atoms with Crippen LogP contribution in [-0.2, 0) is 0 Å². The minimum Gasteiger partial charge on any atom is -0.347 e. The number of amides is 1. The summed E-state index contributed by atoms with van der Waals surface area (Å²) < 4.78 is 26.4. The molecule has 98 valence electrons. The van der Waals surface area contributed by atoms with Crippen molar-refractivity contribution >= 4 is 5.91 Å². The molecule has 1 aliphatic rings. The topological polar surface area (TPSA) is 42.0 Å². The van der Waals surface area contributed by atoms with Gasteiger partial charge in [-0.15, -0.1) is 0 Å². The van der Waals surface area contributed by atoms with Crippen LogP contribution < -0.4 is 5.32 Å². The predicted octanol–water partition coefficient (Wildman–Crippen LogP) is 2.81. The molecular formula is C13H16F2N2O. The lowest BCUT2D eigenvalue weighted by molar-refractivity contribution is 0.0877. The molecule has 0 aromatic carbocycles. The standard InChI is InChI=1S/C13H16F2N2O/c1-13(6-3-2-4-7-13)17-12(18)9-5-8-16-11(15)10(9)14/h5,8H,2-4,6-7H2,1H3,(H,17,18). The van der Waals surface area contributed by atoms with Crippen molar-refractivity contribution in [3.05, 3.63) is 29.6 Å². The summed E-state index contributed by atoms with van der Waals surface area (Å²) in [5.41, 5.74) is -0.601. The molecule has 1 N–H and O–H groups in total. The molecule has 1 aromatic heterocycles. The van der Waals surface area contributed by atoms with E-state index >= 15 is 0 Å². The van der Waals surface area contributed by atoms with E-state index in [0.717, 1.165) is 38.3 Å². The van der Waals surface area contributed by atoms with Crippen molar-refractivity contribution in [3.63, 3.8) is 0 Å². The second kappa shape index (κ2) is 5.00. The number of rotatable bonds is 2. The molecule has 2 rings (SSSR count). The van der Waals surface area contributed by atoms with E-state index in [1.165, 1.54) is 6.07 Å². The number of pyridine rings is 1. The van der Waals surface area contributed by atoms with Crippen molar-refractivity contribution in [1.29, 1.82) is 0 Å². The summed E-state index contributed by atoms with van der Waals surface area (Å²) >= 11 is 0. The zero-order valence-electron chi connectivity index (χ0n) is 10.3. The summed E-state index contributed by atoms with van der Waals surface area (Å²) in [5.74, 6) is -3.00. The Bertz CT molecular complexity index is 456. The first-order chi connectivity index (χ1) is 8.52. The molecule has 1 amide bonds. The fourth-order valence-electron chi connectivity index (χ4n) is 2.39. The van der Waals surface area contributed by atoms with Crippen molar-refractivity contribution in [2.24, 2.45) is 0 Å². The summed E-state index contributed by atoms with van der Waals surface area (Å²) in [6.45, 7) is 1.94. The average Bonchev–Trinajstić information content (AvgIpc) is 2.33. The summed E-state index contributed by atoms with van der Waals surface area (Å²) in [4.78, 5) is 15.1. The van der Waals surface area contributed by atoms with Gasteiger partial charge in [0.25, 0.3) is 5.91 Å². The van der Waals surface area contributed by atoms with Gasteiger partial charge < -0.3 is 5.32 Å². The molecule has 0 bridgehead atoms. The first-order valence-electron chi connectivity index (χ1n) is 6.14. The van der Waals surface area contributed by atoms with Crippen LogP contribution >= 0.6 is 0 Å². The lowest BCUT2D eigenvalue weighted by Crippen LogP contribution is -2.47. The Morgan fingerprint density at radius 2 is 2.00 bits per heavy atom. The van der Waals surface area contributed by atoms with E-state index in [4.69, 9.17) is 0 Å². The number of hydrogen-bond acceptors (Lipinski definition) is 2. The van der Waals surface area contributed by atoms with Gasteiger partial charge >= 0.3 is 0 Å². The Hall–Kier alpha value is -1.52. The molecule has 18 heavy (non-hydrogen) atoms. The third-order valence-electron chi connectivity index (χ3n) is 3.46. The highest BCUT2D eigenvalue weighted by atomic mass is 19.2. The molecule has 1 aliphatic carbocycles. The third-order valence-corrected chi connectivity index (χ3v) is 3.46. The van der Waals surface area contributed by atoms with Gasteiger partial charge in [0, 0.05) is 11.7 Å². The highest BCUT2D eigenvalue weighted by Crippen LogP contribution is 2.28. The van der Waals surface area contributed by atoms with Crippen LogP contribution in [0.3, 0.4) is 0 Å². The number of halogens is 2. The van der Waals surface area contributed by atoms with Crippen LogP contribution in [0.4, 0.5) is 8.78 Å². The van der Waals surface area contributed by atoms with Crippen LogP contribution in [0.25, 0.3) is 0 Å². The van der Waals surface area contributed by atoms with Crippen LogP contribution in [0.5, 0.6) is 0 Å².